The number of alkyl halides is 3. The number of amides is 1. The number of rotatable bonds is 7. The second-order valence-corrected chi connectivity index (χ2v) is 5.08. The molecule has 10 heteroatoms. The summed E-state index contributed by atoms with van der Waals surface area (Å²) in [5.41, 5.74) is -0.882. The van der Waals surface area contributed by atoms with Crippen molar-refractivity contribution < 1.29 is 32.6 Å². The van der Waals surface area contributed by atoms with E-state index >= 15 is 0 Å². The van der Waals surface area contributed by atoms with Crippen LogP contribution in [0.1, 0.15) is 5.56 Å². The van der Waals surface area contributed by atoms with E-state index < -0.39 is 29.7 Å². The van der Waals surface area contributed by atoms with Gasteiger partial charge in [0, 0.05) is 13.3 Å². The highest BCUT2D eigenvalue weighted by molar-refractivity contribution is 7.99. The number of aromatic nitrogens is 1. The summed E-state index contributed by atoms with van der Waals surface area (Å²) >= 11 is 0.895. The normalized spacial score (nSPS) is 12.7. The molecule has 1 rings (SSSR count). The summed E-state index contributed by atoms with van der Waals surface area (Å²) in [4.78, 5) is 26.0. The fraction of sp³-hybridized carbons (Fsp3) is 0.417. The van der Waals surface area contributed by atoms with Crippen LogP contribution in [0.15, 0.2) is 23.4 Å². The van der Waals surface area contributed by atoms with Gasteiger partial charge in [-0.25, -0.2) is 9.78 Å². The van der Waals surface area contributed by atoms with Crippen LogP contribution in [-0.2, 0) is 20.5 Å². The third-order valence-electron chi connectivity index (χ3n) is 2.38. The van der Waals surface area contributed by atoms with Gasteiger partial charge in [0.05, 0.1) is 22.9 Å². The van der Waals surface area contributed by atoms with Crippen LogP contribution < -0.4 is 5.32 Å². The summed E-state index contributed by atoms with van der Waals surface area (Å²) in [6, 6.07) is 0.821. The minimum Gasteiger partial charge on any atom is -0.480 e. The molecule has 6 nitrogen and oxygen atoms in total. The van der Waals surface area contributed by atoms with Crippen molar-refractivity contribution in [1.82, 2.24) is 10.3 Å². The van der Waals surface area contributed by atoms with Gasteiger partial charge in [-0.15, -0.1) is 0 Å². The van der Waals surface area contributed by atoms with Gasteiger partial charge in [0.15, 0.2) is 6.04 Å². The molecule has 1 aromatic heterocycles. The van der Waals surface area contributed by atoms with Crippen molar-refractivity contribution in [2.45, 2.75) is 17.2 Å². The smallest absolute Gasteiger partial charge is 0.417 e. The minimum atomic E-state index is -4.47. The Hall–Kier alpha value is -1.81. The summed E-state index contributed by atoms with van der Waals surface area (Å²) < 4.78 is 41.7. The molecule has 0 aromatic carbocycles. The number of carbonyl (C=O) groups excluding carboxylic acids is 1. The van der Waals surface area contributed by atoms with E-state index in [4.69, 9.17) is 5.11 Å². The van der Waals surface area contributed by atoms with E-state index in [0.717, 1.165) is 23.9 Å². The predicted molar refractivity (Wildman–Crippen MR) is 71.4 cm³/mol. The molecule has 2 N–H and O–H groups in total. The second kappa shape index (κ2) is 7.99. The van der Waals surface area contributed by atoms with Gasteiger partial charge in [-0.2, -0.15) is 13.2 Å². The molecule has 0 radical (unpaired) electrons. The number of nitrogens with zero attached hydrogens (tertiary/aromatic N) is 1. The zero-order chi connectivity index (χ0) is 16.8. The first kappa shape index (κ1) is 18.2. The molecule has 0 bridgehead atoms. The van der Waals surface area contributed by atoms with E-state index in [1.807, 2.05) is 0 Å². The lowest BCUT2D eigenvalue weighted by molar-refractivity contribution is -0.143. The van der Waals surface area contributed by atoms with Crippen molar-refractivity contribution >= 4 is 23.6 Å². The van der Waals surface area contributed by atoms with Gasteiger partial charge < -0.3 is 15.2 Å². The van der Waals surface area contributed by atoms with Crippen molar-refractivity contribution in [2.24, 2.45) is 0 Å². The summed E-state index contributed by atoms with van der Waals surface area (Å²) in [5.74, 6) is -2.00. The van der Waals surface area contributed by atoms with E-state index in [2.05, 4.69) is 15.0 Å². The standard InChI is InChI=1S/C12H13F3N2O4S/c1-21-5-8(11(19)20)17-9(18)6-22-10-3-2-7(4-16-10)12(13,14)15/h2-4,8H,5-6H2,1H3,(H,17,18)(H,19,20). The number of carbonyl (C=O) groups is 2. The number of hydrogen-bond donors (Lipinski definition) is 2. The Morgan fingerprint density at radius 2 is 2.14 bits per heavy atom. The van der Waals surface area contributed by atoms with E-state index in [0.29, 0.717) is 6.20 Å². The quantitative estimate of drug-likeness (QED) is 0.731. The number of hydrogen-bond acceptors (Lipinski definition) is 5. The molecule has 0 spiro atoms. The fourth-order valence-corrected chi connectivity index (χ4v) is 2.00. The maximum absolute atomic E-state index is 12.3. The highest BCUT2D eigenvalue weighted by atomic mass is 32.2. The van der Waals surface area contributed by atoms with Crippen LogP contribution in [0.2, 0.25) is 0 Å². The van der Waals surface area contributed by atoms with E-state index in [1.54, 1.807) is 0 Å². The van der Waals surface area contributed by atoms with Gasteiger partial charge in [0.1, 0.15) is 0 Å². The molecular weight excluding hydrogens is 325 g/mol. The highest BCUT2D eigenvalue weighted by Gasteiger charge is 2.30. The van der Waals surface area contributed by atoms with Crippen LogP contribution in [0, 0.1) is 0 Å². The Morgan fingerprint density at radius 3 is 2.59 bits per heavy atom. The number of carboxylic acid groups (broad SMARTS) is 1. The highest BCUT2D eigenvalue weighted by Crippen LogP contribution is 2.29. The summed E-state index contributed by atoms with van der Waals surface area (Å²) in [5, 5.41) is 11.3. The Balaban J connectivity index is 2.52. The first-order valence-electron chi connectivity index (χ1n) is 5.91. The maximum Gasteiger partial charge on any atom is 0.417 e. The molecule has 1 unspecified atom stereocenters. The third kappa shape index (κ3) is 5.90. The molecule has 1 amide bonds. The van der Waals surface area contributed by atoms with Crippen LogP contribution >= 0.6 is 11.8 Å². The number of nitrogens with one attached hydrogen (secondary N) is 1. The van der Waals surface area contributed by atoms with Crippen molar-refractivity contribution in [3.05, 3.63) is 23.9 Å². The molecule has 0 aliphatic carbocycles. The van der Waals surface area contributed by atoms with E-state index in [1.165, 1.54) is 7.11 Å². The molecule has 0 saturated heterocycles. The maximum atomic E-state index is 12.3. The Bertz CT molecular complexity index is 522. The molecule has 0 aliphatic rings. The zero-order valence-electron chi connectivity index (χ0n) is 11.4. The number of carboxylic acids is 1. The molecule has 1 heterocycles. The average molecular weight is 338 g/mol. The van der Waals surface area contributed by atoms with Gasteiger partial charge >= 0.3 is 12.1 Å². The Morgan fingerprint density at radius 1 is 1.45 bits per heavy atom. The Labute approximate surface area is 128 Å². The monoisotopic (exact) mass is 338 g/mol. The van der Waals surface area contributed by atoms with E-state index in [-0.39, 0.29) is 17.4 Å². The largest absolute Gasteiger partial charge is 0.480 e. The van der Waals surface area contributed by atoms with Crippen LogP contribution in [0.3, 0.4) is 0 Å². The minimum absolute atomic E-state index is 0.175. The molecule has 1 atom stereocenters. The lowest BCUT2D eigenvalue weighted by Gasteiger charge is -2.13. The summed E-state index contributed by atoms with van der Waals surface area (Å²) in [7, 11) is 1.29. The van der Waals surface area contributed by atoms with Crippen LogP contribution in [0.25, 0.3) is 0 Å². The Kier molecular flexibility index (Phi) is 6.62. The van der Waals surface area contributed by atoms with Crippen molar-refractivity contribution in [1.29, 1.82) is 0 Å². The average Bonchev–Trinajstić information content (AvgIpc) is 2.44. The first-order chi connectivity index (χ1) is 10.2. The van der Waals surface area contributed by atoms with Gasteiger partial charge in [-0.1, -0.05) is 11.8 Å². The van der Waals surface area contributed by atoms with Gasteiger partial charge in [0.2, 0.25) is 5.91 Å². The first-order valence-corrected chi connectivity index (χ1v) is 6.89. The number of pyridine rings is 1. The van der Waals surface area contributed by atoms with Crippen molar-refractivity contribution in [3.63, 3.8) is 0 Å². The number of thioether (sulfide) groups is 1. The zero-order valence-corrected chi connectivity index (χ0v) is 12.2. The molecular formula is C12H13F3N2O4S. The molecule has 122 valence electrons. The van der Waals surface area contributed by atoms with Gasteiger partial charge in [0.25, 0.3) is 0 Å². The predicted octanol–water partition coefficient (Wildman–Crippen LogP) is 1.41. The second-order valence-electron chi connectivity index (χ2n) is 4.09. The fourth-order valence-electron chi connectivity index (χ4n) is 1.35. The third-order valence-corrected chi connectivity index (χ3v) is 3.33. The van der Waals surface area contributed by atoms with Crippen LogP contribution in [-0.4, -0.2) is 47.5 Å². The molecule has 0 fully saturated rings. The number of ether oxygens (including phenoxy) is 1. The van der Waals surface area contributed by atoms with Gasteiger partial charge in [-0.3, -0.25) is 4.79 Å². The number of methoxy groups -OCH3 is 1. The lowest BCUT2D eigenvalue weighted by Crippen LogP contribution is -2.44. The lowest BCUT2D eigenvalue weighted by atomic mass is 10.3. The van der Waals surface area contributed by atoms with Crippen molar-refractivity contribution in [3.8, 4) is 0 Å². The molecule has 0 saturated carbocycles. The summed E-state index contributed by atoms with van der Waals surface area (Å²) in [6.45, 7) is -0.190. The number of halogens is 3. The SMILES string of the molecule is COCC(NC(=O)CSc1ccc(C(F)(F)F)cn1)C(=O)O. The molecule has 22 heavy (non-hydrogen) atoms. The van der Waals surface area contributed by atoms with Crippen LogP contribution in [0.5, 0.6) is 0 Å². The molecule has 1 aromatic rings. The molecule has 0 aliphatic heterocycles. The van der Waals surface area contributed by atoms with Crippen molar-refractivity contribution in [2.75, 3.05) is 19.5 Å². The van der Waals surface area contributed by atoms with Crippen LogP contribution in [0.4, 0.5) is 13.2 Å². The number of aliphatic carboxylic acids is 1. The van der Waals surface area contributed by atoms with Gasteiger partial charge in [-0.05, 0) is 12.1 Å². The topological polar surface area (TPSA) is 88.5 Å². The van der Waals surface area contributed by atoms with E-state index in [9.17, 15) is 22.8 Å². The summed E-state index contributed by atoms with van der Waals surface area (Å²) in [6.07, 6.45) is -3.80.